The third-order valence-electron chi connectivity index (χ3n) is 2.21. The number of unbranched alkanes of at least 4 members (excludes halogenated alkanes) is 1. The van der Waals surface area contributed by atoms with Crippen LogP contribution in [0.1, 0.15) is 31.4 Å². The molecule has 0 amide bonds. The lowest BCUT2D eigenvalue weighted by Crippen LogP contribution is -2.08. The van der Waals surface area contributed by atoms with Gasteiger partial charge in [0.25, 0.3) is 0 Å². The van der Waals surface area contributed by atoms with Crippen LogP contribution in [-0.4, -0.2) is 11.0 Å². The molecule has 15 heavy (non-hydrogen) atoms. The van der Waals surface area contributed by atoms with Crippen molar-refractivity contribution in [3.8, 4) is 0 Å². The zero-order valence-corrected chi connectivity index (χ0v) is 11.0. The van der Waals surface area contributed by atoms with Gasteiger partial charge in [0.15, 0.2) is 0 Å². The van der Waals surface area contributed by atoms with Gasteiger partial charge in [-0.1, -0.05) is 54.1 Å². The summed E-state index contributed by atoms with van der Waals surface area (Å²) in [5, 5.41) is 0. The molecule has 1 rings (SSSR count). The second-order valence-electron chi connectivity index (χ2n) is 3.39. The Morgan fingerprint density at radius 1 is 1.40 bits per heavy atom. The van der Waals surface area contributed by atoms with Crippen LogP contribution in [0.3, 0.4) is 0 Å². The van der Waals surface area contributed by atoms with Crippen LogP contribution in [0.5, 0.6) is 0 Å². The van der Waals surface area contributed by atoms with Crippen molar-refractivity contribution in [3.05, 3.63) is 35.6 Å². The van der Waals surface area contributed by atoms with Crippen LogP contribution < -0.4 is 0 Å². The first-order chi connectivity index (χ1) is 7.29. The second-order valence-corrected chi connectivity index (χ2v) is 4.27. The molecule has 1 nitrogen and oxygen atoms in total. The second kappa shape index (κ2) is 7.17. The van der Waals surface area contributed by atoms with Gasteiger partial charge in [-0.3, -0.25) is 0 Å². The molecular formula is C12H16FIO. The highest BCUT2D eigenvalue weighted by atomic mass is 127. The van der Waals surface area contributed by atoms with Crippen molar-refractivity contribution in [1.82, 2.24) is 0 Å². The van der Waals surface area contributed by atoms with Crippen molar-refractivity contribution in [2.24, 2.45) is 0 Å². The fraction of sp³-hybridized carbons (Fsp3) is 0.500. The summed E-state index contributed by atoms with van der Waals surface area (Å²) in [6.45, 7) is 2.82. The molecule has 1 unspecified atom stereocenters. The first kappa shape index (κ1) is 12.9. The first-order valence-corrected chi connectivity index (χ1v) is 6.74. The average Bonchev–Trinajstić information content (AvgIpc) is 2.26. The summed E-state index contributed by atoms with van der Waals surface area (Å²) in [4.78, 5) is 0. The summed E-state index contributed by atoms with van der Waals surface area (Å²) < 4.78 is 19.9. The van der Waals surface area contributed by atoms with E-state index in [2.05, 4.69) is 29.5 Å². The fourth-order valence-electron chi connectivity index (χ4n) is 1.32. The van der Waals surface area contributed by atoms with Crippen molar-refractivity contribution in [1.29, 1.82) is 0 Å². The van der Waals surface area contributed by atoms with Gasteiger partial charge in [0.05, 0.1) is 6.10 Å². The van der Waals surface area contributed by atoms with Crippen molar-refractivity contribution in [2.75, 3.05) is 11.0 Å². The molecule has 1 aromatic carbocycles. The van der Waals surface area contributed by atoms with Crippen LogP contribution in [0.4, 0.5) is 4.39 Å². The minimum Gasteiger partial charge on any atom is -0.373 e. The molecule has 0 aromatic heterocycles. The molecule has 0 aliphatic carbocycles. The normalized spacial score (nSPS) is 12.7. The topological polar surface area (TPSA) is 9.23 Å². The van der Waals surface area contributed by atoms with Crippen LogP contribution in [0.15, 0.2) is 24.3 Å². The van der Waals surface area contributed by atoms with Gasteiger partial charge in [-0.25, -0.2) is 4.39 Å². The van der Waals surface area contributed by atoms with Crippen molar-refractivity contribution in [2.45, 2.75) is 25.9 Å². The summed E-state index contributed by atoms with van der Waals surface area (Å²) in [6, 6.07) is 6.83. The van der Waals surface area contributed by atoms with Gasteiger partial charge in [-0.05, 0) is 12.5 Å². The molecule has 0 fully saturated rings. The predicted molar refractivity (Wildman–Crippen MR) is 68.9 cm³/mol. The molecule has 0 saturated carbocycles. The SMILES string of the molecule is CCCCOC(CI)c1ccccc1F. The van der Waals surface area contributed by atoms with Crippen LogP contribution >= 0.6 is 22.6 Å². The Balaban J connectivity index is 2.61. The Bertz CT molecular complexity index is 291. The first-order valence-electron chi connectivity index (χ1n) is 5.21. The maximum atomic E-state index is 13.5. The van der Waals surface area contributed by atoms with E-state index in [0.29, 0.717) is 12.2 Å². The number of halogens is 2. The third-order valence-corrected chi connectivity index (χ3v) is 3.01. The molecule has 1 aromatic rings. The monoisotopic (exact) mass is 322 g/mol. The van der Waals surface area contributed by atoms with Gasteiger partial charge < -0.3 is 4.74 Å². The van der Waals surface area contributed by atoms with Gasteiger partial charge in [-0.15, -0.1) is 0 Å². The Kier molecular flexibility index (Phi) is 6.17. The van der Waals surface area contributed by atoms with Gasteiger partial charge >= 0.3 is 0 Å². The molecular weight excluding hydrogens is 306 g/mol. The maximum absolute atomic E-state index is 13.5. The maximum Gasteiger partial charge on any atom is 0.129 e. The number of benzene rings is 1. The van der Waals surface area contributed by atoms with Crippen molar-refractivity contribution < 1.29 is 9.13 Å². The number of alkyl halides is 1. The average molecular weight is 322 g/mol. The molecule has 0 saturated heterocycles. The summed E-state index contributed by atoms with van der Waals surface area (Å²) in [7, 11) is 0. The molecule has 0 bridgehead atoms. The lowest BCUT2D eigenvalue weighted by molar-refractivity contribution is 0.0665. The van der Waals surface area contributed by atoms with Gasteiger partial charge in [0.1, 0.15) is 5.82 Å². The lowest BCUT2D eigenvalue weighted by atomic mass is 10.1. The molecule has 84 valence electrons. The lowest BCUT2D eigenvalue weighted by Gasteiger charge is -2.16. The Morgan fingerprint density at radius 2 is 2.13 bits per heavy atom. The zero-order valence-electron chi connectivity index (χ0n) is 8.88. The van der Waals surface area contributed by atoms with Crippen LogP contribution in [0.25, 0.3) is 0 Å². The Labute approximate surface area is 104 Å². The van der Waals surface area contributed by atoms with E-state index in [-0.39, 0.29) is 11.9 Å². The summed E-state index contributed by atoms with van der Waals surface area (Å²) in [6.07, 6.45) is 2.02. The van der Waals surface area contributed by atoms with E-state index in [0.717, 1.165) is 17.3 Å². The molecule has 3 heteroatoms. The number of hydrogen-bond donors (Lipinski definition) is 0. The Hall–Kier alpha value is -0.160. The van der Waals surface area contributed by atoms with Crippen LogP contribution in [-0.2, 0) is 4.74 Å². The highest BCUT2D eigenvalue weighted by Gasteiger charge is 2.13. The van der Waals surface area contributed by atoms with E-state index >= 15 is 0 Å². The highest BCUT2D eigenvalue weighted by molar-refractivity contribution is 14.1. The smallest absolute Gasteiger partial charge is 0.129 e. The number of rotatable bonds is 6. The minimum atomic E-state index is -0.171. The van der Waals surface area contributed by atoms with E-state index in [1.165, 1.54) is 6.07 Å². The molecule has 0 heterocycles. The molecule has 0 spiro atoms. The van der Waals surface area contributed by atoms with E-state index in [4.69, 9.17) is 4.74 Å². The van der Waals surface area contributed by atoms with Crippen LogP contribution in [0.2, 0.25) is 0 Å². The van der Waals surface area contributed by atoms with E-state index in [1.54, 1.807) is 12.1 Å². The molecule has 1 atom stereocenters. The van der Waals surface area contributed by atoms with Crippen LogP contribution in [0, 0.1) is 5.82 Å². The molecule has 0 N–H and O–H groups in total. The minimum absolute atomic E-state index is 0.113. The van der Waals surface area contributed by atoms with E-state index in [1.807, 2.05) is 6.07 Å². The number of hydrogen-bond acceptors (Lipinski definition) is 1. The van der Waals surface area contributed by atoms with Gasteiger partial charge in [0, 0.05) is 16.6 Å². The largest absolute Gasteiger partial charge is 0.373 e. The predicted octanol–water partition coefficient (Wildman–Crippen LogP) is 4.12. The van der Waals surface area contributed by atoms with Crippen molar-refractivity contribution in [3.63, 3.8) is 0 Å². The van der Waals surface area contributed by atoms with E-state index < -0.39 is 0 Å². The molecule has 0 aliphatic heterocycles. The third kappa shape index (κ3) is 4.07. The summed E-state index contributed by atoms with van der Waals surface area (Å²) in [5.74, 6) is -0.171. The summed E-state index contributed by atoms with van der Waals surface area (Å²) >= 11 is 2.23. The Morgan fingerprint density at radius 3 is 2.73 bits per heavy atom. The highest BCUT2D eigenvalue weighted by Crippen LogP contribution is 2.22. The van der Waals surface area contributed by atoms with E-state index in [9.17, 15) is 4.39 Å². The molecule has 0 radical (unpaired) electrons. The summed E-state index contributed by atoms with van der Waals surface area (Å²) in [5.41, 5.74) is 0.669. The standard InChI is InChI=1S/C12H16FIO/c1-2-3-8-15-12(9-14)10-6-4-5-7-11(10)13/h4-7,12H,2-3,8-9H2,1H3. The number of ether oxygens (including phenoxy) is 1. The van der Waals surface area contributed by atoms with Gasteiger partial charge in [-0.2, -0.15) is 0 Å². The fourth-order valence-corrected chi connectivity index (χ4v) is 2.05. The quantitative estimate of drug-likeness (QED) is 0.435. The zero-order chi connectivity index (χ0) is 11.1. The molecule has 0 aliphatic rings. The van der Waals surface area contributed by atoms with Crippen molar-refractivity contribution >= 4 is 22.6 Å². The van der Waals surface area contributed by atoms with Gasteiger partial charge in [0.2, 0.25) is 0 Å².